The second-order valence-corrected chi connectivity index (χ2v) is 13.1. The molecule has 0 saturated carbocycles. The van der Waals surface area contributed by atoms with Crippen molar-refractivity contribution >= 4 is 21.8 Å². The summed E-state index contributed by atoms with van der Waals surface area (Å²) in [6.07, 6.45) is -0.361. The molecule has 0 amide bonds. The number of nitrogens with two attached hydrogens (primary N) is 2. The minimum atomic E-state index is -0.598. The monoisotopic (exact) mass is 662 g/mol. The second kappa shape index (κ2) is 12.4. The van der Waals surface area contributed by atoms with Crippen molar-refractivity contribution in [3.63, 3.8) is 0 Å². The van der Waals surface area contributed by atoms with Gasteiger partial charge in [0.15, 0.2) is 0 Å². The normalized spacial score (nSPS) is 16.3. The molecule has 0 saturated heterocycles. The number of fused-ring (bicyclic) bond motifs is 11. The highest BCUT2D eigenvalue weighted by Gasteiger charge is 2.50. The van der Waals surface area contributed by atoms with Crippen LogP contribution in [0.15, 0.2) is 170 Å². The van der Waals surface area contributed by atoms with E-state index >= 15 is 0 Å². The van der Waals surface area contributed by atoms with Gasteiger partial charge in [-0.1, -0.05) is 146 Å². The molecule has 10 rings (SSSR count). The Morgan fingerprint density at radius 2 is 1.14 bits per heavy atom. The minimum absolute atomic E-state index is 0.164. The lowest BCUT2D eigenvalue weighted by Crippen LogP contribution is -2.38. The van der Waals surface area contributed by atoms with E-state index in [1.807, 2.05) is 18.2 Å². The fraction of sp³-hybridized carbons (Fsp3) is 0.0870. The van der Waals surface area contributed by atoms with E-state index < -0.39 is 5.41 Å². The van der Waals surface area contributed by atoms with Gasteiger partial charge in [0.05, 0.1) is 34.3 Å². The van der Waals surface area contributed by atoms with Crippen LogP contribution in [0, 0.1) is 0 Å². The van der Waals surface area contributed by atoms with Crippen molar-refractivity contribution in [2.24, 2.45) is 11.5 Å². The maximum atomic E-state index is 6.91. The first-order valence-electron chi connectivity index (χ1n) is 17.5. The lowest BCUT2D eigenvalue weighted by atomic mass is 9.61. The van der Waals surface area contributed by atoms with Gasteiger partial charge >= 0.3 is 0 Å². The van der Waals surface area contributed by atoms with Crippen LogP contribution in [0.2, 0.25) is 0 Å². The van der Waals surface area contributed by atoms with Gasteiger partial charge in [-0.15, -0.1) is 0 Å². The van der Waals surface area contributed by atoms with Crippen molar-refractivity contribution in [1.29, 1.82) is 0 Å². The van der Waals surface area contributed by atoms with Crippen molar-refractivity contribution in [1.82, 2.24) is 9.88 Å². The standard InChI is InChI=1S/C45H33N3O.CH5N/c46-44(30-16-5-2-6-17-30)47-42(29-14-3-1-4-15-29)31-26-27-36-41(28-31)49-40-25-12-9-21-35(40)45(36)34-20-8-11-24-39(34)48-38-23-10-7-18-32(38)33-19-13-22-37(45)43(33)48;1-2/h1-28,42,44,47H,46H2;2H2,1H3. The van der Waals surface area contributed by atoms with Crippen LogP contribution >= 0.6 is 0 Å². The lowest BCUT2D eigenvalue weighted by Gasteiger charge is -2.45. The molecule has 8 aromatic rings. The van der Waals surface area contributed by atoms with E-state index in [4.69, 9.17) is 10.5 Å². The molecular formula is C46H38N4O. The third kappa shape index (κ3) is 4.60. The summed E-state index contributed by atoms with van der Waals surface area (Å²) in [5.41, 5.74) is 22.4. The molecule has 3 unspecified atom stereocenters. The Balaban J connectivity index is 0.00000171. The van der Waals surface area contributed by atoms with E-state index in [1.54, 1.807) is 0 Å². The van der Waals surface area contributed by atoms with Crippen LogP contribution in [0.25, 0.3) is 27.5 Å². The molecule has 5 nitrogen and oxygen atoms in total. The van der Waals surface area contributed by atoms with Crippen LogP contribution in [-0.2, 0) is 5.41 Å². The van der Waals surface area contributed by atoms with E-state index in [-0.39, 0.29) is 12.2 Å². The maximum absolute atomic E-state index is 6.91. The van der Waals surface area contributed by atoms with Gasteiger partial charge in [0.1, 0.15) is 11.5 Å². The Hall–Kier alpha value is -5.98. The number of benzene rings is 7. The average molecular weight is 663 g/mol. The summed E-state index contributed by atoms with van der Waals surface area (Å²) in [6, 6.07) is 60.4. The Bertz CT molecular complexity index is 2540. The lowest BCUT2D eigenvalue weighted by molar-refractivity contribution is 0.431. The number of aromatic nitrogens is 1. The Kier molecular flexibility index (Phi) is 7.55. The van der Waals surface area contributed by atoms with Crippen molar-refractivity contribution in [3.8, 4) is 17.2 Å². The largest absolute Gasteiger partial charge is 0.457 e. The molecule has 248 valence electrons. The third-order valence-corrected chi connectivity index (χ3v) is 10.5. The van der Waals surface area contributed by atoms with Gasteiger partial charge in [-0.05, 0) is 59.1 Å². The highest BCUT2D eigenvalue weighted by molar-refractivity contribution is 6.12. The molecule has 2 aliphatic rings. The number of hydrogen-bond donors (Lipinski definition) is 3. The van der Waals surface area contributed by atoms with Crippen LogP contribution in [-0.4, -0.2) is 11.6 Å². The van der Waals surface area contributed by atoms with Gasteiger partial charge in [-0.25, -0.2) is 0 Å². The molecule has 7 aromatic carbocycles. The molecule has 1 spiro atoms. The molecule has 3 heterocycles. The SMILES string of the molecule is CN.NC(NC(c1ccccc1)c1ccc2c(c1)Oc1ccccc1C21c2ccccc2-n2c3ccccc3c3cccc1c32)c1ccccc1. The number of rotatable bonds is 5. The van der Waals surface area contributed by atoms with Crippen molar-refractivity contribution in [3.05, 3.63) is 209 Å². The van der Waals surface area contributed by atoms with Crippen LogP contribution in [0.5, 0.6) is 11.5 Å². The van der Waals surface area contributed by atoms with Crippen molar-refractivity contribution in [2.75, 3.05) is 7.05 Å². The topological polar surface area (TPSA) is 78.2 Å². The molecule has 5 heteroatoms. The van der Waals surface area contributed by atoms with Crippen molar-refractivity contribution in [2.45, 2.75) is 17.6 Å². The summed E-state index contributed by atoms with van der Waals surface area (Å²) < 4.78 is 9.38. The predicted octanol–water partition coefficient (Wildman–Crippen LogP) is 9.50. The molecule has 0 bridgehead atoms. The van der Waals surface area contributed by atoms with E-state index in [0.717, 1.165) is 39.3 Å². The second-order valence-electron chi connectivity index (χ2n) is 13.1. The zero-order valence-electron chi connectivity index (χ0n) is 28.3. The fourth-order valence-corrected chi connectivity index (χ4v) is 8.49. The minimum Gasteiger partial charge on any atom is -0.457 e. The molecular weight excluding hydrogens is 625 g/mol. The fourth-order valence-electron chi connectivity index (χ4n) is 8.49. The summed E-state index contributed by atoms with van der Waals surface area (Å²) in [5.74, 6) is 1.72. The predicted molar refractivity (Wildman–Crippen MR) is 208 cm³/mol. The molecule has 0 radical (unpaired) electrons. The molecule has 51 heavy (non-hydrogen) atoms. The zero-order valence-corrected chi connectivity index (χ0v) is 28.3. The van der Waals surface area contributed by atoms with Crippen LogP contribution in [0.4, 0.5) is 0 Å². The van der Waals surface area contributed by atoms with Gasteiger partial charge < -0.3 is 20.8 Å². The highest BCUT2D eigenvalue weighted by atomic mass is 16.5. The van der Waals surface area contributed by atoms with Crippen LogP contribution in [0.3, 0.4) is 0 Å². The summed E-state index contributed by atoms with van der Waals surface area (Å²) in [6.45, 7) is 0. The average Bonchev–Trinajstić information content (AvgIpc) is 3.55. The summed E-state index contributed by atoms with van der Waals surface area (Å²) in [4.78, 5) is 0. The van der Waals surface area contributed by atoms with Gasteiger partial charge in [0, 0.05) is 21.9 Å². The number of ether oxygens (including phenoxy) is 1. The van der Waals surface area contributed by atoms with Gasteiger partial charge in [-0.3, -0.25) is 5.32 Å². The molecule has 0 aliphatic carbocycles. The first kappa shape index (κ1) is 31.0. The Labute approximate surface area is 297 Å². The van der Waals surface area contributed by atoms with Gasteiger partial charge in [0.2, 0.25) is 0 Å². The molecule has 5 N–H and O–H groups in total. The number of para-hydroxylation sites is 4. The van der Waals surface area contributed by atoms with E-state index in [1.165, 1.54) is 45.7 Å². The number of nitrogens with zero attached hydrogens (tertiary/aromatic N) is 1. The highest BCUT2D eigenvalue weighted by Crippen LogP contribution is 2.60. The first-order chi connectivity index (χ1) is 25.2. The number of nitrogens with one attached hydrogen (secondary N) is 1. The smallest absolute Gasteiger partial charge is 0.132 e. The van der Waals surface area contributed by atoms with Gasteiger partial charge in [-0.2, -0.15) is 0 Å². The molecule has 0 fully saturated rings. The van der Waals surface area contributed by atoms with E-state index in [0.29, 0.717) is 0 Å². The van der Waals surface area contributed by atoms with Gasteiger partial charge in [0.25, 0.3) is 0 Å². The molecule has 3 atom stereocenters. The maximum Gasteiger partial charge on any atom is 0.132 e. The molecule has 2 aliphatic heterocycles. The quantitative estimate of drug-likeness (QED) is 0.161. The zero-order chi connectivity index (χ0) is 34.5. The number of hydrogen-bond acceptors (Lipinski definition) is 4. The van der Waals surface area contributed by atoms with E-state index in [2.05, 4.69) is 167 Å². The van der Waals surface area contributed by atoms with Crippen molar-refractivity contribution < 1.29 is 4.74 Å². The summed E-state index contributed by atoms with van der Waals surface area (Å²) in [5, 5.41) is 6.26. The summed E-state index contributed by atoms with van der Waals surface area (Å²) >= 11 is 0. The molecule has 1 aromatic heterocycles. The van der Waals surface area contributed by atoms with Crippen LogP contribution < -0.4 is 21.5 Å². The third-order valence-electron chi connectivity index (χ3n) is 10.5. The Morgan fingerprint density at radius 3 is 1.94 bits per heavy atom. The van der Waals surface area contributed by atoms with Crippen LogP contribution in [0.1, 0.15) is 51.2 Å². The Morgan fingerprint density at radius 1 is 0.529 bits per heavy atom. The summed E-state index contributed by atoms with van der Waals surface area (Å²) in [7, 11) is 1.50. The van der Waals surface area contributed by atoms with E-state index in [9.17, 15) is 0 Å². The first-order valence-corrected chi connectivity index (χ1v) is 17.5.